The van der Waals surface area contributed by atoms with Crippen LogP contribution in [0.5, 0.6) is 0 Å². The third-order valence-electron chi connectivity index (χ3n) is 9.47. The number of carbonyl (C=O) groups is 1. The van der Waals surface area contributed by atoms with Gasteiger partial charge in [0.05, 0.1) is 0 Å². The van der Waals surface area contributed by atoms with E-state index in [-0.39, 0.29) is 49.7 Å². The summed E-state index contributed by atoms with van der Waals surface area (Å²) in [5, 5.41) is 4.10. The highest BCUT2D eigenvalue weighted by molar-refractivity contribution is 5.75. The van der Waals surface area contributed by atoms with Crippen LogP contribution in [-0.2, 0) is 4.79 Å². The van der Waals surface area contributed by atoms with Crippen molar-refractivity contribution in [2.45, 2.75) is 166 Å². The Morgan fingerprint density at radius 3 is 1.06 bits per heavy atom. The smallest absolute Gasteiger partial charge is 0.220 e. The molecule has 206 valence electrons. The van der Waals surface area contributed by atoms with Gasteiger partial charge in [0.25, 0.3) is 0 Å². The highest BCUT2D eigenvalue weighted by Crippen LogP contribution is 2.64. The predicted molar refractivity (Wildman–Crippen MR) is 153 cm³/mol. The Kier molecular flexibility index (Phi) is 7.42. The molecule has 0 bridgehead atoms. The number of rotatable bonds is 0. The van der Waals surface area contributed by atoms with Gasteiger partial charge < -0.3 is 10.2 Å². The summed E-state index contributed by atoms with van der Waals surface area (Å²) in [7, 11) is 0. The van der Waals surface area contributed by atoms with Gasteiger partial charge in [0, 0.05) is 29.1 Å². The molecule has 3 nitrogen and oxygen atoms in total. The van der Waals surface area contributed by atoms with Gasteiger partial charge in [-0.3, -0.25) is 4.79 Å². The first kappa shape index (κ1) is 30.7. The number of nitrogens with one attached hydrogen (secondary N) is 1. The Labute approximate surface area is 220 Å². The van der Waals surface area contributed by atoms with Crippen molar-refractivity contribution in [2.24, 2.45) is 33.5 Å². The van der Waals surface area contributed by atoms with Gasteiger partial charge in [0.1, 0.15) is 0 Å². The molecule has 0 aromatic heterocycles. The fraction of sp³-hybridized carbons (Fsp3) is 0.969. The third-order valence-corrected chi connectivity index (χ3v) is 9.47. The molecule has 2 atom stereocenters. The summed E-state index contributed by atoms with van der Waals surface area (Å²) < 4.78 is 0. The maximum Gasteiger partial charge on any atom is 0.220 e. The zero-order chi connectivity index (χ0) is 27.8. The van der Waals surface area contributed by atoms with Gasteiger partial charge in [-0.2, -0.15) is 0 Å². The lowest BCUT2D eigenvalue weighted by Crippen LogP contribution is -2.59. The van der Waals surface area contributed by atoms with E-state index in [1.165, 1.54) is 0 Å². The zero-order valence-corrected chi connectivity index (χ0v) is 26.8. The fourth-order valence-electron chi connectivity index (χ4n) is 11.7. The zero-order valence-electron chi connectivity index (χ0n) is 26.8. The molecule has 1 amide bonds. The first-order valence-corrected chi connectivity index (χ1v) is 14.2. The second kappa shape index (κ2) is 8.47. The quantitative estimate of drug-likeness (QED) is 0.369. The van der Waals surface area contributed by atoms with Crippen LogP contribution in [0.15, 0.2) is 0 Å². The van der Waals surface area contributed by atoms with E-state index in [0.717, 1.165) is 25.7 Å². The Bertz CT molecular complexity index is 749. The first-order chi connectivity index (χ1) is 15.1. The van der Waals surface area contributed by atoms with Crippen LogP contribution in [0.3, 0.4) is 0 Å². The van der Waals surface area contributed by atoms with Gasteiger partial charge >= 0.3 is 0 Å². The number of hydrogen-bond acceptors (Lipinski definition) is 2. The molecule has 35 heavy (non-hydrogen) atoms. The number of nitrogens with zero attached hydrogens (tertiary/aromatic N) is 1. The predicted octanol–water partition coefficient (Wildman–Crippen LogP) is 8.46. The molecule has 0 saturated carbocycles. The summed E-state index contributed by atoms with van der Waals surface area (Å²) >= 11 is 0. The summed E-state index contributed by atoms with van der Waals surface area (Å²) in [6.07, 6.45) is 4.24. The van der Waals surface area contributed by atoms with Crippen LogP contribution in [0.25, 0.3) is 0 Å². The topological polar surface area (TPSA) is 32.3 Å². The lowest BCUT2D eigenvalue weighted by atomic mass is 9.45. The molecule has 0 aliphatic carbocycles. The second-order valence-electron chi connectivity index (χ2n) is 18.0. The molecule has 0 aromatic carbocycles. The summed E-state index contributed by atoms with van der Waals surface area (Å²) in [6, 6.07) is 0. The minimum Gasteiger partial charge on any atom is -0.333 e. The average molecular weight is 491 g/mol. The third kappa shape index (κ3) is 6.12. The highest BCUT2D eigenvalue weighted by Gasteiger charge is 2.61. The summed E-state index contributed by atoms with van der Waals surface area (Å²) in [6.45, 7) is 40.9. The van der Waals surface area contributed by atoms with E-state index in [1.54, 1.807) is 6.92 Å². The molecule has 3 heteroatoms. The molecule has 2 saturated heterocycles. The molecule has 0 aromatic rings. The monoisotopic (exact) mass is 490 g/mol. The van der Waals surface area contributed by atoms with Crippen LogP contribution < -0.4 is 5.32 Å². The van der Waals surface area contributed by atoms with Crippen LogP contribution in [0.1, 0.15) is 143 Å². The lowest BCUT2D eigenvalue weighted by molar-refractivity contribution is -0.145. The highest BCUT2D eigenvalue weighted by atomic mass is 16.2. The molecule has 0 spiro atoms. The van der Waals surface area contributed by atoms with E-state index in [4.69, 9.17) is 0 Å². The van der Waals surface area contributed by atoms with Crippen LogP contribution in [-0.4, -0.2) is 33.0 Å². The molecular weight excluding hydrogens is 428 g/mol. The summed E-state index contributed by atoms with van der Waals surface area (Å²) in [4.78, 5) is 15.5. The Hall–Kier alpha value is -0.570. The first-order valence-electron chi connectivity index (χ1n) is 14.2. The largest absolute Gasteiger partial charge is 0.333 e. The molecule has 2 rings (SSSR count). The van der Waals surface area contributed by atoms with E-state index in [0.29, 0.717) is 11.8 Å². The molecule has 0 radical (unpaired) electrons. The molecule has 2 heterocycles. The van der Waals surface area contributed by atoms with Gasteiger partial charge in [-0.15, -0.1) is 0 Å². The van der Waals surface area contributed by atoms with E-state index in [2.05, 4.69) is 121 Å². The van der Waals surface area contributed by atoms with Gasteiger partial charge in [0.2, 0.25) is 5.91 Å². The molecule has 2 fully saturated rings. The van der Waals surface area contributed by atoms with Gasteiger partial charge in [-0.05, 0) is 115 Å². The van der Waals surface area contributed by atoms with Crippen LogP contribution in [0.2, 0.25) is 0 Å². The van der Waals surface area contributed by atoms with Gasteiger partial charge in [-0.1, -0.05) is 55.4 Å². The summed E-state index contributed by atoms with van der Waals surface area (Å²) in [5.74, 6) is 1.20. The number of hydrogen-bond donors (Lipinski definition) is 1. The van der Waals surface area contributed by atoms with Crippen molar-refractivity contribution in [2.75, 3.05) is 0 Å². The molecule has 1 N–H and O–H groups in total. The van der Waals surface area contributed by atoms with E-state index >= 15 is 0 Å². The van der Waals surface area contributed by atoms with Crippen LogP contribution in [0.4, 0.5) is 0 Å². The van der Waals surface area contributed by atoms with Crippen molar-refractivity contribution < 1.29 is 4.79 Å². The van der Waals surface area contributed by atoms with Crippen molar-refractivity contribution >= 4 is 5.91 Å². The Morgan fingerprint density at radius 2 is 0.800 bits per heavy atom. The van der Waals surface area contributed by atoms with Gasteiger partial charge in [-0.25, -0.2) is 0 Å². The maximum atomic E-state index is 13.2. The van der Waals surface area contributed by atoms with Crippen LogP contribution in [0, 0.1) is 33.5 Å². The minimum absolute atomic E-state index is 0.0385. The average Bonchev–Trinajstić information content (AvgIpc) is 2.44. The normalized spacial score (nSPS) is 34.6. The Morgan fingerprint density at radius 1 is 0.543 bits per heavy atom. The molecule has 2 aliphatic heterocycles. The second-order valence-corrected chi connectivity index (χ2v) is 18.0. The standard InChI is InChI=1S/C32H62N2O/c1-22(35)34-31(14,15)20-27(6,7)23-24(28(8,9)21-32(34,16)17)26(4,5)19-30(12,13)33-29(10,11)18-25(23,2)3/h23-24,33H,18-21H2,1-17H3. The van der Waals surface area contributed by atoms with E-state index in [1.807, 2.05) is 0 Å². The molecular formula is C32H62N2O. The van der Waals surface area contributed by atoms with Crippen molar-refractivity contribution in [1.82, 2.24) is 10.2 Å². The van der Waals surface area contributed by atoms with Gasteiger partial charge in [0.15, 0.2) is 0 Å². The molecule has 2 aliphatic rings. The van der Waals surface area contributed by atoms with Crippen molar-refractivity contribution in [3.63, 3.8) is 0 Å². The van der Waals surface area contributed by atoms with Crippen molar-refractivity contribution in [3.05, 3.63) is 0 Å². The number of carbonyl (C=O) groups excluding carboxylic acids is 1. The Balaban J connectivity index is 2.98. The van der Waals surface area contributed by atoms with Crippen molar-refractivity contribution in [3.8, 4) is 0 Å². The number of amides is 1. The summed E-state index contributed by atoms with van der Waals surface area (Å²) in [5.41, 5.74) is -0.0507. The van der Waals surface area contributed by atoms with E-state index < -0.39 is 0 Å². The lowest BCUT2D eigenvalue weighted by Gasteiger charge is -2.59. The SMILES string of the molecule is CC(=O)N1C(C)(C)CC(C)(C)C2C(C(C)(C)CC(C)(C)NC(C)(C)CC2(C)C)C(C)(C)CC1(C)C. The molecule has 2 unspecified atom stereocenters. The van der Waals surface area contributed by atoms with Crippen LogP contribution >= 0.6 is 0 Å². The maximum absolute atomic E-state index is 13.2. The van der Waals surface area contributed by atoms with E-state index in [9.17, 15) is 4.79 Å². The fourth-order valence-corrected chi connectivity index (χ4v) is 11.7. The van der Waals surface area contributed by atoms with Crippen molar-refractivity contribution in [1.29, 1.82) is 0 Å². The number of fused-ring (bicyclic) bond motifs is 1. The minimum atomic E-state index is -0.227.